The molecule has 3 aliphatic heterocycles. The molecule has 0 saturated heterocycles. The molecule has 3 N–H and O–H groups in total. The zero-order valence-electron chi connectivity index (χ0n) is 19.8. The number of hydrogen-bond acceptors (Lipinski definition) is 6. The molecular formula is C22H20FN4O5+. The average molecular weight is 442 g/mol. The highest BCUT2D eigenvalue weighted by molar-refractivity contribution is 6.52. The van der Waals surface area contributed by atoms with Gasteiger partial charge in [-0.1, -0.05) is 12.1 Å². The van der Waals surface area contributed by atoms with Gasteiger partial charge in [-0.15, -0.1) is 4.58 Å². The van der Waals surface area contributed by atoms with Crippen molar-refractivity contribution in [3.05, 3.63) is 70.7 Å². The summed E-state index contributed by atoms with van der Waals surface area (Å²) in [6, 6.07) is 5.68. The third kappa shape index (κ3) is 3.49. The van der Waals surface area contributed by atoms with Gasteiger partial charge in [-0.2, -0.15) is 0 Å². The molecule has 3 amide bonds. The highest BCUT2D eigenvalue weighted by Gasteiger charge is 2.52. The normalized spacial score (nSPS) is 21.2. The summed E-state index contributed by atoms with van der Waals surface area (Å²) in [5.41, 5.74) is 0.225. The molecule has 1 aromatic rings. The number of nitrogens with zero attached hydrogens (tertiary/aromatic N) is 2. The van der Waals surface area contributed by atoms with E-state index in [0.717, 1.165) is 10.8 Å². The Labute approximate surface area is 186 Å². The van der Waals surface area contributed by atoms with Crippen LogP contribution in [0.25, 0.3) is 0 Å². The number of ether oxygens (including phenoxy) is 1. The number of benzene rings is 1. The van der Waals surface area contributed by atoms with Crippen LogP contribution in [-0.2, 0) is 25.5 Å². The topological polar surface area (TPSA) is 120 Å². The van der Waals surface area contributed by atoms with Crippen molar-refractivity contribution in [2.24, 2.45) is 4.99 Å². The summed E-state index contributed by atoms with van der Waals surface area (Å²) in [6.07, 6.45) is 1.59. The van der Waals surface area contributed by atoms with Gasteiger partial charge in [-0.25, -0.2) is 14.2 Å². The van der Waals surface area contributed by atoms with E-state index in [9.17, 15) is 23.9 Å². The number of amides is 3. The predicted molar refractivity (Wildman–Crippen MR) is 111 cm³/mol. The third-order valence-corrected chi connectivity index (χ3v) is 5.05. The summed E-state index contributed by atoms with van der Waals surface area (Å²) in [5.74, 6) is -4.49. The van der Waals surface area contributed by atoms with Crippen LogP contribution in [0.2, 0.25) is 0 Å². The van der Waals surface area contributed by atoms with Gasteiger partial charge in [0.15, 0.2) is 17.0 Å². The summed E-state index contributed by atoms with van der Waals surface area (Å²) in [6.45, 7) is -0.957. The van der Waals surface area contributed by atoms with Gasteiger partial charge in [0.25, 0.3) is 23.3 Å². The fourth-order valence-corrected chi connectivity index (χ4v) is 3.59. The van der Waals surface area contributed by atoms with Crippen molar-refractivity contribution in [1.29, 1.82) is 0 Å². The van der Waals surface area contributed by atoms with Crippen LogP contribution < -0.4 is 10.6 Å². The van der Waals surface area contributed by atoms with Gasteiger partial charge in [0.1, 0.15) is 5.82 Å². The smallest absolute Gasteiger partial charge is 0.434 e. The Morgan fingerprint density at radius 1 is 1.31 bits per heavy atom. The molecule has 164 valence electrons. The first-order chi connectivity index (χ1) is 16.5. The Balaban J connectivity index is 1.83. The molecule has 9 nitrogen and oxygen atoms in total. The number of aliphatic imine (C=N–C) groups is 1. The fourth-order valence-electron chi connectivity index (χ4n) is 3.59. The van der Waals surface area contributed by atoms with E-state index in [2.05, 4.69) is 10.3 Å². The highest BCUT2D eigenvalue weighted by atomic mass is 19.1. The summed E-state index contributed by atoms with van der Waals surface area (Å²) < 4.78 is 41.9. The lowest BCUT2D eigenvalue weighted by Crippen LogP contribution is -2.52. The summed E-state index contributed by atoms with van der Waals surface area (Å²) in [5, 5.41) is 15.0. The number of hydrogen-bond donors (Lipinski definition) is 3. The molecule has 1 unspecified atom stereocenters. The van der Waals surface area contributed by atoms with Crippen molar-refractivity contribution in [3.8, 4) is 0 Å². The van der Waals surface area contributed by atoms with Crippen molar-refractivity contribution in [3.63, 3.8) is 0 Å². The minimum absolute atomic E-state index is 0.0607. The quantitative estimate of drug-likeness (QED) is 0.457. The van der Waals surface area contributed by atoms with E-state index in [-0.39, 0.29) is 30.1 Å². The highest BCUT2D eigenvalue weighted by Crippen LogP contribution is 2.30. The van der Waals surface area contributed by atoms with Crippen molar-refractivity contribution in [2.45, 2.75) is 19.4 Å². The second kappa shape index (κ2) is 8.22. The largest absolute Gasteiger partial charge is 0.504 e. The molecule has 0 fully saturated rings. The van der Waals surface area contributed by atoms with Crippen LogP contribution in [0.15, 0.2) is 64.3 Å². The molecule has 3 heterocycles. The predicted octanol–water partition coefficient (Wildman–Crippen LogP) is 0.635. The van der Waals surface area contributed by atoms with Gasteiger partial charge in [0.05, 0.1) is 0 Å². The Bertz CT molecular complexity index is 1290. The first kappa shape index (κ1) is 17.6. The molecule has 3 aliphatic rings. The molecule has 1 aromatic carbocycles. The number of aliphatic hydroxyl groups is 1. The number of halogens is 1. The van der Waals surface area contributed by atoms with Gasteiger partial charge in [-0.3, -0.25) is 9.59 Å². The Morgan fingerprint density at radius 3 is 2.75 bits per heavy atom. The third-order valence-electron chi connectivity index (χ3n) is 5.05. The molecule has 0 radical (unpaired) electrons. The average Bonchev–Trinajstić information content (AvgIpc) is 2.78. The lowest BCUT2D eigenvalue weighted by atomic mass is 9.89. The van der Waals surface area contributed by atoms with Crippen LogP contribution in [0.4, 0.5) is 4.39 Å². The van der Waals surface area contributed by atoms with Crippen LogP contribution in [-0.4, -0.2) is 58.5 Å². The molecule has 0 spiro atoms. The first-order valence-electron chi connectivity index (χ1n) is 11.1. The molecule has 1 atom stereocenters. The molecule has 0 aromatic heterocycles. The maximum absolute atomic E-state index is 13.3. The van der Waals surface area contributed by atoms with E-state index in [1.165, 1.54) is 18.3 Å². The van der Waals surface area contributed by atoms with Crippen molar-refractivity contribution in [1.82, 2.24) is 10.6 Å². The molecule has 0 aliphatic carbocycles. The van der Waals surface area contributed by atoms with Crippen LogP contribution in [0.5, 0.6) is 0 Å². The van der Waals surface area contributed by atoms with Crippen LogP contribution in [0, 0.1) is 5.82 Å². The van der Waals surface area contributed by atoms with E-state index in [1.54, 1.807) is 24.4 Å². The number of aliphatic hydroxyl groups excluding tert-OH is 1. The molecular weight excluding hydrogens is 419 g/mol. The molecule has 0 saturated carbocycles. The Morgan fingerprint density at radius 2 is 2.06 bits per heavy atom. The maximum atomic E-state index is 13.3. The molecule has 0 bridgehead atoms. The lowest BCUT2D eigenvalue weighted by Gasteiger charge is -2.29. The molecule has 4 rings (SSSR count). The van der Waals surface area contributed by atoms with E-state index < -0.39 is 48.0 Å². The second-order valence-corrected chi connectivity index (χ2v) is 7.07. The van der Waals surface area contributed by atoms with Crippen LogP contribution >= 0.6 is 0 Å². The number of allylic oxidation sites excluding steroid dienone is 1. The number of nitrogens with one attached hydrogen (secondary N) is 2. The SMILES string of the molecule is [2H]C([2H])([2H])NC(=O)C1=C(O)C2=NC=C(Cc3ccc(F)cc3)C3OC(C(=O)NCC)=C[N+](=C23)C1=O. The molecule has 32 heavy (non-hydrogen) atoms. The maximum Gasteiger partial charge on any atom is 0.434 e. The zero-order valence-corrected chi connectivity index (χ0v) is 16.8. The van der Waals surface area contributed by atoms with E-state index >= 15 is 0 Å². The lowest BCUT2D eigenvalue weighted by molar-refractivity contribution is -0.385. The summed E-state index contributed by atoms with van der Waals surface area (Å²) >= 11 is 0. The van der Waals surface area contributed by atoms with E-state index in [1.807, 2.05) is 0 Å². The van der Waals surface area contributed by atoms with Gasteiger partial charge < -0.3 is 20.5 Å². The summed E-state index contributed by atoms with van der Waals surface area (Å²) in [4.78, 5) is 42.5. The van der Waals surface area contributed by atoms with Crippen molar-refractivity contribution >= 4 is 29.1 Å². The van der Waals surface area contributed by atoms with E-state index in [0.29, 0.717) is 11.1 Å². The minimum atomic E-state index is -2.92. The van der Waals surface area contributed by atoms with Crippen LogP contribution in [0.3, 0.4) is 0 Å². The number of likely N-dealkylation sites (N-methyl/N-ethyl adjacent to an activating group) is 2. The van der Waals surface area contributed by atoms with Crippen molar-refractivity contribution < 1.29 is 37.3 Å². The zero-order chi connectivity index (χ0) is 25.5. The van der Waals surface area contributed by atoms with Gasteiger partial charge in [-0.05, 0) is 31.0 Å². The molecule has 10 heteroatoms. The van der Waals surface area contributed by atoms with Crippen LogP contribution in [0.1, 0.15) is 16.6 Å². The fraction of sp³-hybridized carbons (Fsp3) is 0.227. The van der Waals surface area contributed by atoms with Crippen molar-refractivity contribution in [2.75, 3.05) is 13.5 Å². The monoisotopic (exact) mass is 442 g/mol. The second-order valence-electron chi connectivity index (χ2n) is 7.07. The minimum Gasteiger partial charge on any atom is -0.504 e. The van der Waals surface area contributed by atoms with Gasteiger partial charge in [0, 0.05) is 29.4 Å². The number of rotatable bonds is 5. The Kier molecular flexibility index (Phi) is 4.51. The first-order valence-corrected chi connectivity index (χ1v) is 9.65. The van der Waals surface area contributed by atoms with Gasteiger partial charge in [0.2, 0.25) is 12.3 Å². The summed E-state index contributed by atoms with van der Waals surface area (Å²) in [7, 11) is 0. The van der Waals surface area contributed by atoms with Gasteiger partial charge >= 0.3 is 5.91 Å². The van der Waals surface area contributed by atoms with E-state index in [4.69, 9.17) is 8.85 Å². The number of carbonyl (C=O) groups excluding carboxylic acids is 3. The Hall–Kier alpha value is -4.08. The standard InChI is InChI=1S/C22H19FN4O5/c1-3-25-20(29)14-10-27-17-16(18(28)15(22(27)31)21(30)24-2)26-9-12(19(17)32-14)8-11-4-6-13(23)7-5-11/h4-7,9-10,19H,3,8H2,1-2H3,(H2-,24,25,28,29,30,31)/p+1/i2D3. The number of carbonyl (C=O) groups is 3.